The van der Waals surface area contributed by atoms with Gasteiger partial charge in [0.05, 0.1) is 32.8 Å². The zero-order valence-corrected chi connectivity index (χ0v) is 17.2. The predicted octanol–water partition coefficient (Wildman–Crippen LogP) is 1.39. The van der Waals surface area contributed by atoms with Crippen molar-refractivity contribution in [3.8, 4) is 5.75 Å². The Morgan fingerprint density at radius 1 is 1.41 bits per heavy atom. The molecule has 8 nitrogen and oxygen atoms in total. The van der Waals surface area contributed by atoms with E-state index in [2.05, 4.69) is 22.3 Å². The van der Waals surface area contributed by atoms with Crippen LogP contribution < -0.4 is 10.1 Å². The number of hydrogen-bond acceptors (Lipinski definition) is 6. The first-order chi connectivity index (χ1) is 14.1. The van der Waals surface area contributed by atoms with Gasteiger partial charge in [-0.25, -0.2) is 0 Å². The first-order valence-electron chi connectivity index (χ1n) is 9.91. The van der Waals surface area contributed by atoms with Gasteiger partial charge in [-0.2, -0.15) is 0 Å². The number of ether oxygens (including phenoxy) is 3. The van der Waals surface area contributed by atoms with Crippen LogP contribution in [0.2, 0.25) is 0 Å². The van der Waals surface area contributed by atoms with Crippen molar-refractivity contribution in [1.82, 2.24) is 10.2 Å². The molecule has 2 N–H and O–H groups in total. The average Bonchev–Trinajstić information content (AvgIpc) is 3.11. The Labute approximate surface area is 172 Å². The maximum Gasteiger partial charge on any atom is 0.290 e. The number of methoxy groups -OCH3 is 2. The van der Waals surface area contributed by atoms with Crippen molar-refractivity contribution < 1.29 is 28.9 Å². The zero-order chi connectivity index (χ0) is 21.1. The lowest BCUT2D eigenvalue weighted by atomic mass is 9.83. The number of amides is 1. The normalized spacial score (nSPS) is 23.4. The van der Waals surface area contributed by atoms with Gasteiger partial charge in [-0.05, 0) is 36.6 Å². The Bertz CT molecular complexity index is 641. The highest BCUT2D eigenvalue weighted by Crippen LogP contribution is 2.36. The fourth-order valence-electron chi connectivity index (χ4n) is 4.09. The summed E-state index contributed by atoms with van der Waals surface area (Å²) in [5.41, 5.74) is 1.27. The van der Waals surface area contributed by atoms with Gasteiger partial charge in [-0.3, -0.25) is 14.5 Å². The van der Waals surface area contributed by atoms with E-state index in [1.807, 2.05) is 12.1 Å². The molecule has 29 heavy (non-hydrogen) atoms. The SMILES string of the molecule is COCCNC(=O)C[C@H]1OC[C@H]2CN(Cc3cccc(OC)c3)CC[C@H]21.O=CO. The summed E-state index contributed by atoms with van der Waals surface area (Å²) in [5.74, 6) is 1.98. The molecule has 0 aliphatic carbocycles. The molecule has 2 aliphatic rings. The van der Waals surface area contributed by atoms with E-state index >= 15 is 0 Å². The van der Waals surface area contributed by atoms with Crippen LogP contribution in [0.4, 0.5) is 0 Å². The summed E-state index contributed by atoms with van der Waals surface area (Å²) in [4.78, 5) is 22.9. The van der Waals surface area contributed by atoms with Gasteiger partial charge in [0, 0.05) is 32.7 Å². The van der Waals surface area contributed by atoms with Crippen molar-refractivity contribution in [1.29, 1.82) is 0 Å². The first kappa shape index (κ1) is 23.1. The number of nitrogens with zero attached hydrogens (tertiary/aromatic N) is 1. The lowest BCUT2D eigenvalue weighted by Crippen LogP contribution is -2.42. The Morgan fingerprint density at radius 2 is 2.21 bits per heavy atom. The van der Waals surface area contributed by atoms with Crippen molar-refractivity contribution in [2.24, 2.45) is 11.8 Å². The third-order valence-electron chi connectivity index (χ3n) is 5.43. The molecule has 0 bridgehead atoms. The van der Waals surface area contributed by atoms with Gasteiger partial charge >= 0.3 is 0 Å². The average molecular weight is 408 g/mol. The monoisotopic (exact) mass is 408 g/mol. The number of nitrogens with one attached hydrogen (secondary N) is 1. The number of piperidine rings is 1. The Morgan fingerprint density at radius 3 is 2.93 bits per heavy atom. The molecule has 162 valence electrons. The van der Waals surface area contributed by atoms with E-state index in [4.69, 9.17) is 24.1 Å². The van der Waals surface area contributed by atoms with E-state index in [1.54, 1.807) is 14.2 Å². The molecule has 0 radical (unpaired) electrons. The minimum Gasteiger partial charge on any atom is -0.497 e. The minimum absolute atomic E-state index is 0.0570. The third-order valence-corrected chi connectivity index (χ3v) is 5.43. The van der Waals surface area contributed by atoms with Crippen LogP contribution in [0.25, 0.3) is 0 Å². The highest BCUT2D eigenvalue weighted by molar-refractivity contribution is 5.76. The quantitative estimate of drug-likeness (QED) is 0.495. The van der Waals surface area contributed by atoms with Gasteiger partial charge in [0.2, 0.25) is 5.91 Å². The number of likely N-dealkylation sites (tertiary alicyclic amines) is 1. The molecule has 1 amide bonds. The maximum absolute atomic E-state index is 12.0. The summed E-state index contributed by atoms with van der Waals surface area (Å²) in [6.07, 6.45) is 1.60. The van der Waals surface area contributed by atoms with Gasteiger partial charge in [0.1, 0.15) is 5.75 Å². The van der Waals surface area contributed by atoms with E-state index in [9.17, 15) is 4.79 Å². The molecular formula is C21H32N2O6. The Kier molecular flexibility index (Phi) is 9.90. The molecule has 1 aromatic carbocycles. The molecule has 8 heteroatoms. The number of fused-ring (bicyclic) bond motifs is 1. The third kappa shape index (κ3) is 7.30. The first-order valence-corrected chi connectivity index (χ1v) is 9.91. The van der Waals surface area contributed by atoms with Crippen LogP contribution in [0.1, 0.15) is 18.4 Å². The van der Waals surface area contributed by atoms with Crippen LogP contribution in [0.5, 0.6) is 5.75 Å². The molecule has 2 saturated heterocycles. The zero-order valence-electron chi connectivity index (χ0n) is 17.2. The highest BCUT2D eigenvalue weighted by atomic mass is 16.5. The Balaban J connectivity index is 0.000000941. The molecule has 2 heterocycles. The Hall–Kier alpha value is -2.16. The summed E-state index contributed by atoms with van der Waals surface area (Å²) >= 11 is 0. The maximum atomic E-state index is 12.0. The van der Waals surface area contributed by atoms with E-state index in [0.29, 0.717) is 31.4 Å². The summed E-state index contributed by atoms with van der Waals surface area (Å²) in [7, 11) is 3.34. The van der Waals surface area contributed by atoms with Crippen molar-refractivity contribution in [3.05, 3.63) is 29.8 Å². The highest BCUT2D eigenvalue weighted by Gasteiger charge is 2.41. The molecular weight excluding hydrogens is 376 g/mol. The fraction of sp³-hybridized carbons (Fsp3) is 0.619. The summed E-state index contributed by atoms with van der Waals surface area (Å²) in [5, 5.41) is 9.78. The predicted molar refractivity (Wildman–Crippen MR) is 108 cm³/mol. The molecule has 0 unspecified atom stereocenters. The van der Waals surface area contributed by atoms with Crippen molar-refractivity contribution in [2.75, 3.05) is 47.1 Å². The molecule has 0 spiro atoms. The number of hydrogen-bond donors (Lipinski definition) is 2. The second-order valence-corrected chi connectivity index (χ2v) is 7.32. The fourth-order valence-corrected chi connectivity index (χ4v) is 4.09. The van der Waals surface area contributed by atoms with Crippen LogP contribution in [0.3, 0.4) is 0 Å². The summed E-state index contributed by atoms with van der Waals surface area (Å²) in [6.45, 7) is 4.62. The summed E-state index contributed by atoms with van der Waals surface area (Å²) in [6, 6.07) is 8.26. The number of carbonyl (C=O) groups is 2. The number of rotatable bonds is 8. The molecule has 1 aromatic rings. The molecule has 3 atom stereocenters. The largest absolute Gasteiger partial charge is 0.497 e. The number of benzene rings is 1. The second kappa shape index (κ2) is 12.4. The van der Waals surface area contributed by atoms with Crippen molar-refractivity contribution >= 4 is 12.4 Å². The van der Waals surface area contributed by atoms with Crippen LogP contribution in [-0.2, 0) is 25.6 Å². The standard InChI is InChI=1S/C20H30N2O4.CH2O2/c1-24-9-7-21-20(23)11-19-18-6-8-22(13-16(18)14-26-19)12-15-4-3-5-17(10-15)25-2;2-1-3/h3-5,10,16,18-19H,6-9,11-14H2,1-2H3,(H,21,23);1H,(H,2,3)/t16-,18-,19-;/m1./s1. The summed E-state index contributed by atoms with van der Waals surface area (Å²) < 4.78 is 16.3. The molecule has 2 fully saturated rings. The minimum atomic E-state index is -0.250. The topological polar surface area (TPSA) is 97.3 Å². The van der Waals surface area contributed by atoms with Crippen molar-refractivity contribution in [2.45, 2.75) is 25.5 Å². The lowest BCUT2D eigenvalue weighted by molar-refractivity contribution is -0.124. The molecule has 3 rings (SSSR count). The van der Waals surface area contributed by atoms with E-state index < -0.39 is 0 Å². The van der Waals surface area contributed by atoms with E-state index in [0.717, 1.165) is 38.4 Å². The van der Waals surface area contributed by atoms with Crippen LogP contribution in [-0.4, -0.2) is 75.6 Å². The lowest BCUT2D eigenvalue weighted by Gasteiger charge is -2.35. The van der Waals surface area contributed by atoms with Gasteiger partial charge in [0.15, 0.2) is 0 Å². The van der Waals surface area contributed by atoms with Gasteiger partial charge in [-0.1, -0.05) is 12.1 Å². The van der Waals surface area contributed by atoms with Crippen LogP contribution in [0, 0.1) is 11.8 Å². The van der Waals surface area contributed by atoms with E-state index in [1.165, 1.54) is 5.56 Å². The van der Waals surface area contributed by atoms with Crippen LogP contribution in [0.15, 0.2) is 24.3 Å². The van der Waals surface area contributed by atoms with Gasteiger partial charge < -0.3 is 24.6 Å². The number of carboxylic acid groups (broad SMARTS) is 1. The van der Waals surface area contributed by atoms with Crippen LogP contribution >= 0.6 is 0 Å². The smallest absolute Gasteiger partial charge is 0.290 e. The van der Waals surface area contributed by atoms with Gasteiger partial charge in [0.25, 0.3) is 6.47 Å². The van der Waals surface area contributed by atoms with E-state index in [-0.39, 0.29) is 18.5 Å². The molecule has 0 saturated carbocycles. The number of carbonyl (C=O) groups excluding carboxylic acids is 1. The molecule has 2 aliphatic heterocycles. The molecule has 0 aromatic heterocycles. The van der Waals surface area contributed by atoms with Gasteiger partial charge in [-0.15, -0.1) is 0 Å². The van der Waals surface area contributed by atoms with Crippen molar-refractivity contribution in [3.63, 3.8) is 0 Å². The second-order valence-electron chi connectivity index (χ2n) is 7.32.